The zero-order valence-electron chi connectivity index (χ0n) is 13.1. The number of hydrogen-bond donors (Lipinski definition) is 2. The Balaban J connectivity index is 1.65. The molecule has 2 aromatic carbocycles. The number of benzene rings is 2. The average molecular weight is 327 g/mol. The van der Waals surface area contributed by atoms with Crippen molar-refractivity contribution in [2.45, 2.75) is 25.7 Å². The molecular weight excluding hydrogens is 310 g/mol. The van der Waals surface area contributed by atoms with Gasteiger partial charge in [0.15, 0.2) is 11.5 Å². The third-order valence-corrected chi connectivity index (χ3v) is 3.74. The Morgan fingerprint density at radius 3 is 2.50 bits per heavy atom. The predicted molar refractivity (Wildman–Crippen MR) is 86.2 cm³/mol. The molecule has 0 spiro atoms. The van der Waals surface area contributed by atoms with Crippen molar-refractivity contribution in [2.75, 3.05) is 0 Å². The van der Waals surface area contributed by atoms with Crippen molar-refractivity contribution >= 4 is 11.9 Å². The van der Waals surface area contributed by atoms with Crippen LogP contribution in [0.15, 0.2) is 48.5 Å². The fraction of sp³-hybridized carbons (Fsp3) is 0.222. The van der Waals surface area contributed by atoms with Gasteiger partial charge in [-0.3, -0.25) is 4.79 Å². The minimum Gasteiger partial charge on any atom is -0.482 e. The molecule has 0 unspecified atom stereocenters. The van der Waals surface area contributed by atoms with E-state index in [-0.39, 0.29) is 18.0 Å². The number of fused-ring (bicyclic) bond motifs is 1. The first kappa shape index (κ1) is 15.9. The van der Waals surface area contributed by atoms with E-state index in [4.69, 9.17) is 14.6 Å². The Morgan fingerprint density at radius 1 is 1.08 bits per heavy atom. The van der Waals surface area contributed by atoms with Crippen LogP contribution in [0.2, 0.25) is 0 Å². The van der Waals surface area contributed by atoms with Crippen LogP contribution in [0.3, 0.4) is 0 Å². The van der Waals surface area contributed by atoms with Gasteiger partial charge in [-0.25, -0.2) is 4.79 Å². The van der Waals surface area contributed by atoms with E-state index in [0.717, 1.165) is 0 Å². The van der Waals surface area contributed by atoms with Gasteiger partial charge in [-0.2, -0.15) is 0 Å². The molecule has 0 saturated carbocycles. The van der Waals surface area contributed by atoms with Crippen LogP contribution >= 0.6 is 0 Å². The number of carboxylic acids is 1. The number of hydrogen-bond acceptors (Lipinski definition) is 4. The lowest BCUT2D eigenvalue weighted by atomic mass is 10.1. The van der Waals surface area contributed by atoms with Crippen LogP contribution in [0.4, 0.5) is 0 Å². The first-order chi connectivity index (χ1) is 11.5. The molecule has 1 aliphatic rings. The van der Waals surface area contributed by atoms with Gasteiger partial charge in [0.25, 0.3) is 5.91 Å². The summed E-state index contributed by atoms with van der Waals surface area (Å²) in [7, 11) is 0. The van der Waals surface area contributed by atoms with Gasteiger partial charge >= 0.3 is 5.97 Å². The van der Waals surface area contributed by atoms with Crippen LogP contribution in [0, 0.1) is 0 Å². The number of carbonyl (C=O) groups excluding carboxylic acids is 1. The molecule has 0 radical (unpaired) electrons. The van der Waals surface area contributed by atoms with E-state index in [1.165, 1.54) is 12.1 Å². The number of carboxylic acid groups (broad SMARTS) is 1. The minimum atomic E-state index is -1.00. The van der Waals surface area contributed by atoms with Gasteiger partial charge in [0.2, 0.25) is 6.10 Å². The first-order valence-electron chi connectivity index (χ1n) is 7.57. The molecule has 0 saturated heterocycles. The van der Waals surface area contributed by atoms with Crippen LogP contribution in [-0.2, 0) is 11.3 Å². The maximum atomic E-state index is 12.4. The molecule has 3 rings (SSSR count). The monoisotopic (exact) mass is 327 g/mol. The number of para-hydroxylation sites is 2. The third-order valence-electron chi connectivity index (χ3n) is 3.74. The molecule has 1 amide bonds. The zero-order chi connectivity index (χ0) is 17.1. The van der Waals surface area contributed by atoms with Crippen molar-refractivity contribution in [2.24, 2.45) is 0 Å². The van der Waals surface area contributed by atoms with Crippen LogP contribution in [-0.4, -0.2) is 29.2 Å². The minimum absolute atomic E-state index is 0.182. The molecule has 6 nitrogen and oxygen atoms in total. The Labute approximate surface area is 139 Å². The molecule has 2 atom stereocenters. The van der Waals surface area contributed by atoms with Crippen molar-refractivity contribution in [1.29, 1.82) is 0 Å². The second-order valence-corrected chi connectivity index (χ2v) is 5.53. The summed E-state index contributed by atoms with van der Waals surface area (Å²) in [6.07, 6.45) is -1.19. The maximum Gasteiger partial charge on any atom is 0.335 e. The fourth-order valence-corrected chi connectivity index (χ4v) is 2.51. The molecule has 124 valence electrons. The van der Waals surface area contributed by atoms with Gasteiger partial charge in [0.1, 0.15) is 6.10 Å². The highest BCUT2D eigenvalue weighted by atomic mass is 16.6. The second-order valence-electron chi connectivity index (χ2n) is 5.53. The van der Waals surface area contributed by atoms with Crippen molar-refractivity contribution in [3.8, 4) is 11.5 Å². The van der Waals surface area contributed by atoms with E-state index in [2.05, 4.69) is 5.32 Å². The summed E-state index contributed by atoms with van der Waals surface area (Å²) >= 11 is 0. The zero-order valence-corrected chi connectivity index (χ0v) is 13.1. The third kappa shape index (κ3) is 3.32. The van der Waals surface area contributed by atoms with Gasteiger partial charge < -0.3 is 19.9 Å². The molecule has 1 heterocycles. The van der Waals surface area contributed by atoms with Crippen LogP contribution in [0.25, 0.3) is 0 Å². The molecule has 0 aromatic heterocycles. The summed E-state index contributed by atoms with van der Waals surface area (Å²) in [5.41, 5.74) is 0.884. The molecule has 1 aliphatic heterocycles. The topological polar surface area (TPSA) is 84.9 Å². The van der Waals surface area contributed by atoms with Gasteiger partial charge in [0.05, 0.1) is 5.56 Å². The Morgan fingerprint density at radius 2 is 1.79 bits per heavy atom. The summed E-state index contributed by atoms with van der Waals surface area (Å²) in [6, 6.07) is 13.6. The molecule has 2 N–H and O–H groups in total. The van der Waals surface area contributed by atoms with Crippen molar-refractivity contribution in [1.82, 2.24) is 5.32 Å². The first-order valence-corrected chi connectivity index (χ1v) is 7.57. The number of ether oxygens (including phenoxy) is 2. The predicted octanol–water partition coefficient (Wildman–Crippen LogP) is 2.23. The van der Waals surface area contributed by atoms with Crippen molar-refractivity contribution in [3.05, 3.63) is 59.7 Å². The van der Waals surface area contributed by atoms with E-state index >= 15 is 0 Å². The normalized spacial score (nSPS) is 18.7. The highest BCUT2D eigenvalue weighted by Gasteiger charge is 2.33. The number of rotatable bonds is 4. The number of aromatic carboxylic acids is 1. The van der Waals surface area contributed by atoms with Gasteiger partial charge in [0, 0.05) is 6.54 Å². The molecule has 0 fully saturated rings. The smallest absolute Gasteiger partial charge is 0.335 e. The highest BCUT2D eigenvalue weighted by molar-refractivity contribution is 5.87. The van der Waals surface area contributed by atoms with Gasteiger partial charge in [-0.1, -0.05) is 24.3 Å². The summed E-state index contributed by atoms with van der Waals surface area (Å²) < 4.78 is 11.4. The number of nitrogens with one attached hydrogen (secondary N) is 1. The summed E-state index contributed by atoms with van der Waals surface area (Å²) in [5, 5.41) is 11.8. The fourth-order valence-electron chi connectivity index (χ4n) is 2.51. The maximum absolute atomic E-state index is 12.4. The van der Waals surface area contributed by atoms with E-state index in [0.29, 0.717) is 17.1 Å². The lowest BCUT2D eigenvalue weighted by Crippen LogP contribution is -2.48. The van der Waals surface area contributed by atoms with Crippen molar-refractivity contribution in [3.63, 3.8) is 0 Å². The summed E-state index contributed by atoms with van der Waals surface area (Å²) in [5.74, 6) is -0.165. The van der Waals surface area contributed by atoms with Crippen LogP contribution < -0.4 is 14.8 Å². The second kappa shape index (κ2) is 6.62. The molecule has 6 heteroatoms. The SMILES string of the molecule is C[C@H]1Oc2ccccc2O[C@H]1C(=O)NCc1cccc(C(=O)O)c1. The van der Waals surface area contributed by atoms with E-state index in [1.54, 1.807) is 31.2 Å². The van der Waals surface area contributed by atoms with Crippen LogP contribution in [0.5, 0.6) is 11.5 Å². The highest BCUT2D eigenvalue weighted by Crippen LogP contribution is 2.33. The molecule has 24 heavy (non-hydrogen) atoms. The largest absolute Gasteiger partial charge is 0.482 e. The van der Waals surface area contributed by atoms with Gasteiger partial charge in [-0.05, 0) is 36.8 Å². The Bertz CT molecular complexity index is 774. The van der Waals surface area contributed by atoms with Gasteiger partial charge in [-0.15, -0.1) is 0 Å². The summed E-state index contributed by atoms with van der Waals surface area (Å²) in [6.45, 7) is 1.99. The van der Waals surface area contributed by atoms with E-state index in [1.807, 2.05) is 12.1 Å². The molecule has 2 aromatic rings. The van der Waals surface area contributed by atoms with Crippen molar-refractivity contribution < 1.29 is 24.2 Å². The Kier molecular flexibility index (Phi) is 4.37. The molecule has 0 bridgehead atoms. The summed E-state index contributed by atoms with van der Waals surface area (Å²) in [4.78, 5) is 23.4. The quantitative estimate of drug-likeness (QED) is 0.899. The lowest BCUT2D eigenvalue weighted by Gasteiger charge is -2.31. The molecule has 0 aliphatic carbocycles. The van der Waals surface area contributed by atoms with E-state index < -0.39 is 18.2 Å². The van der Waals surface area contributed by atoms with E-state index in [9.17, 15) is 9.59 Å². The number of carbonyl (C=O) groups is 2. The lowest BCUT2D eigenvalue weighted by molar-refractivity contribution is -0.133. The standard InChI is InChI=1S/C18H17NO5/c1-11-16(24-15-8-3-2-7-14(15)23-11)17(20)19-10-12-5-4-6-13(9-12)18(21)22/h2-9,11,16H,10H2,1H3,(H,19,20)(H,21,22)/t11-,16-/m1/s1. The molecular formula is C18H17NO5. The number of amides is 1. The van der Waals surface area contributed by atoms with Crippen LogP contribution in [0.1, 0.15) is 22.8 Å². The average Bonchev–Trinajstić information content (AvgIpc) is 2.59. The Hall–Kier alpha value is -3.02.